The van der Waals surface area contributed by atoms with Crippen LogP contribution in [0, 0.1) is 11.8 Å². The van der Waals surface area contributed by atoms with Crippen LogP contribution in [-0.4, -0.2) is 86.5 Å². The Labute approximate surface area is 224 Å². The van der Waals surface area contributed by atoms with E-state index in [9.17, 15) is 34.8 Å². The highest BCUT2D eigenvalue weighted by atomic mass is 16.3. The van der Waals surface area contributed by atoms with E-state index in [-0.39, 0.29) is 29.7 Å². The van der Waals surface area contributed by atoms with Gasteiger partial charge in [-0.3, -0.25) is 24.2 Å². The van der Waals surface area contributed by atoms with Gasteiger partial charge in [-0.2, -0.15) is 0 Å². The molecule has 6 N–H and O–H groups in total. The molecular weight excluding hydrogens is 502 g/mol. The van der Waals surface area contributed by atoms with Crippen LogP contribution in [0.2, 0.25) is 0 Å². The van der Waals surface area contributed by atoms with Gasteiger partial charge in [0, 0.05) is 23.4 Å². The highest BCUT2D eigenvalue weighted by molar-refractivity contribution is 6.24. The summed E-state index contributed by atoms with van der Waals surface area (Å²) in [4.78, 5) is 43.0. The maximum atomic E-state index is 13.9. The van der Waals surface area contributed by atoms with E-state index < -0.39 is 58.0 Å². The molecule has 6 rings (SSSR count). The van der Waals surface area contributed by atoms with Crippen molar-refractivity contribution in [1.82, 2.24) is 9.80 Å². The molecular formula is C29H31N3O7. The van der Waals surface area contributed by atoms with Gasteiger partial charge in [-0.05, 0) is 74.9 Å². The molecule has 1 saturated carbocycles. The van der Waals surface area contributed by atoms with Crippen LogP contribution in [-0.2, 0) is 27.3 Å². The Morgan fingerprint density at radius 2 is 1.87 bits per heavy atom. The lowest BCUT2D eigenvalue weighted by Gasteiger charge is -2.50. The number of fused-ring (bicyclic) bond motifs is 4. The Hall–Kier alpha value is -3.73. The second kappa shape index (κ2) is 8.64. The topological polar surface area (TPSA) is 165 Å². The van der Waals surface area contributed by atoms with Gasteiger partial charge in [-0.25, -0.2) is 0 Å². The number of hydrogen-bond acceptors (Lipinski definition) is 9. The summed E-state index contributed by atoms with van der Waals surface area (Å²) in [5.41, 5.74) is 3.53. The third-order valence-corrected chi connectivity index (χ3v) is 8.94. The summed E-state index contributed by atoms with van der Waals surface area (Å²) in [6.45, 7) is 2.79. The Bertz CT molecular complexity index is 1540. The standard InChI is InChI=1S/C29H31N3O7/c1-31(2)22-18-11-16-10-15-9-14-5-4-13(12-32-6-3-7-32)8-17(14)23(33)19(15)24(34)20(16)26(36)29(18,39)27(37)21(25(22)35)28(30)38/h4-5,8-9,16,18,22,33-34,37,39H,3,6-7,10-12H2,1-2H3,(H2,30,38)/t16-,18-,22-,29-/m0/s1. The second-order valence-electron chi connectivity index (χ2n) is 11.4. The van der Waals surface area contributed by atoms with Gasteiger partial charge in [0.2, 0.25) is 5.78 Å². The van der Waals surface area contributed by atoms with Crippen molar-refractivity contribution in [1.29, 1.82) is 0 Å². The van der Waals surface area contributed by atoms with Gasteiger partial charge in [0.1, 0.15) is 22.8 Å². The van der Waals surface area contributed by atoms with Crippen LogP contribution >= 0.6 is 0 Å². The molecule has 10 heteroatoms. The molecule has 1 heterocycles. The number of ketones is 2. The summed E-state index contributed by atoms with van der Waals surface area (Å²) in [5.74, 6) is -6.43. The quantitative estimate of drug-likeness (QED) is 0.365. The molecule has 1 amide bonds. The van der Waals surface area contributed by atoms with E-state index in [0.717, 1.165) is 37.0 Å². The molecule has 1 aliphatic heterocycles. The number of Topliss-reactive ketones (excluding diaryl/α,β-unsaturated/α-hetero) is 2. The number of phenolic OH excluding ortho intramolecular Hbond substituents is 1. The maximum Gasteiger partial charge on any atom is 0.255 e. The molecule has 0 aromatic heterocycles. The first-order valence-corrected chi connectivity index (χ1v) is 13.1. The second-order valence-corrected chi connectivity index (χ2v) is 11.4. The summed E-state index contributed by atoms with van der Waals surface area (Å²) in [6, 6.07) is 6.61. The number of nitrogens with two attached hydrogens (primary N) is 1. The number of hydrogen-bond donors (Lipinski definition) is 5. The van der Waals surface area contributed by atoms with Gasteiger partial charge in [0.15, 0.2) is 11.4 Å². The molecule has 2 aromatic rings. The van der Waals surface area contributed by atoms with Crippen LogP contribution in [0.4, 0.5) is 0 Å². The molecule has 204 valence electrons. The highest BCUT2D eigenvalue weighted by Gasteiger charge is 2.64. The first-order valence-electron chi connectivity index (χ1n) is 13.1. The van der Waals surface area contributed by atoms with Crippen LogP contribution in [0.3, 0.4) is 0 Å². The lowest BCUT2D eigenvalue weighted by Crippen LogP contribution is -2.65. The molecule has 0 radical (unpaired) electrons. The van der Waals surface area contributed by atoms with E-state index >= 15 is 0 Å². The van der Waals surface area contributed by atoms with E-state index in [2.05, 4.69) is 4.90 Å². The van der Waals surface area contributed by atoms with Gasteiger partial charge in [-0.1, -0.05) is 18.2 Å². The van der Waals surface area contributed by atoms with Gasteiger partial charge in [0.05, 0.1) is 11.6 Å². The Balaban J connectivity index is 1.51. The van der Waals surface area contributed by atoms with Gasteiger partial charge in [0.25, 0.3) is 5.91 Å². The molecule has 39 heavy (non-hydrogen) atoms. The SMILES string of the molecule is CN(C)[C@@H]1C(=O)C(C(N)=O)=C(O)[C@@]2(O)C(=O)C3=C(O)c4c(cc5ccc(CN6CCC6)cc5c4O)C[C@H]3C[C@@H]12. The van der Waals surface area contributed by atoms with Gasteiger partial charge in [-0.15, -0.1) is 0 Å². The van der Waals surface area contributed by atoms with Crippen LogP contribution in [0.5, 0.6) is 5.75 Å². The highest BCUT2D eigenvalue weighted by Crippen LogP contribution is 2.53. The average molecular weight is 534 g/mol. The lowest BCUT2D eigenvalue weighted by atomic mass is 9.57. The van der Waals surface area contributed by atoms with Crippen molar-refractivity contribution < 1.29 is 34.8 Å². The van der Waals surface area contributed by atoms with Crippen molar-refractivity contribution in [2.75, 3.05) is 27.2 Å². The number of primary amides is 1. The van der Waals surface area contributed by atoms with E-state index in [4.69, 9.17) is 5.73 Å². The van der Waals surface area contributed by atoms with Crippen LogP contribution in [0.25, 0.3) is 16.5 Å². The van der Waals surface area contributed by atoms with Crippen LogP contribution in [0.15, 0.2) is 41.2 Å². The smallest absolute Gasteiger partial charge is 0.255 e. The minimum absolute atomic E-state index is 0.0688. The summed E-state index contributed by atoms with van der Waals surface area (Å²) >= 11 is 0. The number of benzene rings is 2. The molecule has 0 bridgehead atoms. The minimum atomic E-state index is -2.64. The average Bonchev–Trinajstić information content (AvgIpc) is 2.83. The van der Waals surface area contributed by atoms with Crippen molar-refractivity contribution in [3.05, 3.63) is 57.9 Å². The fourth-order valence-electron chi connectivity index (χ4n) is 6.95. The van der Waals surface area contributed by atoms with Crippen molar-refractivity contribution in [2.45, 2.75) is 37.5 Å². The molecule has 4 atom stereocenters. The summed E-state index contributed by atoms with van der Waals surface area (Å²) < 4.78 is 0. The number of phenols is 1. The van der Waals surface area contributed by atoms with E-state index in [0.29, 0.717) is 10.9 Å². The van der Waals surface area contributed by atoms with Crippen molar-refractivity contribution >= 4 is 34.0 Å². The number of aliphatic hydroxyl groups is 3. The molecule has 0 spiro atoms. The van der Waals surface area contributed by atoms with E-state index in [1.54, 1.807) is 14.1 Å². The predicted octanol–water partition coefficient (Wildman–Crippen LogP) is 1.32. The third kappa shape index (κ3) is 3.48. The van der Waals surface area contributed by atoms with Crippen molar-refractivity contribution in [3.8, 4) is 5.75 Å². The summed E-state index contributed by atoms with van der Waals surface area (Å²) in [7, 11) is 3.15. The molecule has 0 unspecified atom stereocenters. The number of aromatic hydroxyl groups is 1. The molecule has 3 aliphatic carbocycles. The van der Waals surface area contributed by atoms with Gasteiger partial charge >= 0.3 is 0 Å². The largest absolute Gasteiger partial charge is 0.508 e. The number of carbonyl (C=O) groups excluding carboxylic acids is 3. The monoisotopic (exact) mass is 533 g/mol. The lowest BCUT2D eigenvalue weighted by molar-refractivity contribution is -0.153. The van der Waals surface area contributed by atoms with Crippen LogP contribution in [0.1, 0.15) is 29.5 Å². The Morgan fingerprint density at radius 3 is 2.49 bits per heavy atom. The van der Waals surface area contributed by atoms with E-state index in [1.807, 2.05) is 24.3 Å². The number of rotatable bonds is 4. The van der Waals surface area contributed by atoms with Crippen molar-refractivity contribution in [3.63, 3.8) is 0 Å². The minimum Gasteiger partial charge on any atom is -0.508 e. The number of likely N-dealkylation sites (tertiary alicyclic amines) is 1. The van der Waals surface area contributed by atoms with E-state index in [1.165, 1.54) is 4.90 Å². The van der Waals surface area contributed by atoms with Crippen LogP contribution < -0.4 is 5.73 Å². The number of amides is 1. The normalized spacial score (nSPS) is 28.9. The first-order chi connectivity index (χ1) is 18.4. The molecule has 2 fully saturated rings. The predicted molar refractivity (Wildman–Crippen MR) is 142 cm³/mol. The number of nitrogens with zero attached hydrogens (tertiary/aromatic N) is 2. The molecule has 10 nitrogen and oxygen atoms in total. The molecule has 4 aliphatic rings. The number of carbonyl (C=O) groups is 3. The summed E-state index contributed by atoms with van der Waals surface area (Å²) in [5, 5.41) is 46.8. The zero-order chi connectivity index (χ0) is 28.0. The zero-order valence-electron chi connectivity index (χ0n) is 21.8. The Kier molecular flexibility index (Phi) is 5.66. The zero-order valence-corrected chi connectivity index (χ0v) is 21.8. The van der Waals surface area contributed by atoms with Crippen molar-refractivity contribution in [2.24, 2.45) is 17.6 Å². The Morgan fingerprint density at radius 1 is 1.15 bits per heavy atom. The fraction of sp³-hybridized carbons (Fsp3) is 0.414. The third-order valence-electron chi connectivity index (χ3n) is 8.94. The maximum absolute atomic E-state index is 13.9. The van der Waals surface area contributed by atoms with Gasteiger partial charge < -0.3 is 26.2 Å². The first kappa shape index (κ1) is 25.5. The molecule has 1 saturated heterocycles. The number of likely N-dealkylation sites (N-methyl/N-ethyl adjacent to an activating group) is 1. The summed E-state index contributed by atoms with van der Waals surface area (Å²) in [6.07, 6.45) is 1.50. The fourth-order valence-corrected chi connectivity index (χ4v) is 6.95. The molecule has 2 aromatic carbocycles. The number of aliphatic hydroxyl groups excluding tert-OH is 2.